The Morgan fingerprint density at radius 3 is 2.54 bits per heavy atom. The quantitative estimate of drug-likeness (QED) is 0.794. The van der Waals surface area contributed by atoms with Crippen molar-refractivity contribution in [1.29, 1.82) is 0 Å². The van der Waals surface area contributed by atoms with Crippen LogP contribution in [0.2, 0.25) is 0 Å². The van der Waals surface area contributed by atoms with Crippen LogP contribution in [0.4, 0.5) is 0 Å². The molecule has 4 rings (SSSR count). The Hall–Kier alpha value is -2.33. The monoisotopic (exact) mass is 378 g/mol. The molecule has 4 heteroatoms. The van der Waals surface area contributed by atoms with Gasteiger partial charge in [0.2, 0.25) is 5.91 Å². The average molecular weight is 379 g/mol. The standard InChI is InChI=1S/C24H30N2O2/c1-28-22-12-10-20(11-13-22)16-25-14-6-5-9-21-17-26(18-23(21)25)24(27)15-19-7-3-2-4-8-19/h2-4,7-8,10-13,21,23H,5-6,9,14-18H2,1H3/t21-,23+/m0/s1. The number of hydrogen-bond donors (Lipinski definition) is 0. The van der Waals surface area contributed by atoms with Crippen molar-refractivity contribution in [1.82, 2.24) is 9.80 Å². The number of carbonyl (C=O) groups excluding carboxylic acids is 1. The van der Waals surface area contributed by atoms with Crippen molar-refractivity contribution in [2.24, 2.45) is 5.92 Å². The molecule has 0 aromatic heterocycles. The Labute approximate surface area is 168 Å². The van der Waals surface area contributed by atoms with E-state index in [-0.39, 0.29) is 5.91 Å². The van der Waals surface area contributed by atoms with Gasteiger partial charge in [-0.25, -0.2) is 0 Å². The van der Waals surface area contributed by atoms with Gasteiger partial charge in [-0.1, -0.05) is 48.9 Å². The Kier molecular flexibility index (Phi) is 5.96. The van der Waals surface area contributed by atoms with Gasteiger partial charge in [0.05, 0.1) is 13.5 Å². The second-order valence-corrected chi connectivity index (χ2v) is 8.10. The third-order valence-electron chi connectivity index (χ3n) is 6.24. The maximum absolute atomic E-state index is 12.9. The van der Waals surface area contributed by atoms with Gasteiger partial charge >= 0.3 is 0 Å². The first-order chi connectivity index (χ1) is 13.7. The van der Waals surface area contributed by atoms with Gasteiger partial charge in [-0.15, -0.1) is 0 Å². The van der Waals surface area contributed by atoms with E-state index in [1.807, 2.05) is 42.5 Å². The van der Waals surface area contributed by atoms with Crippen LogP contribution in [0, 0.1) is 5.92 Å². The first-order valence-corrected chi connectivity index (χ1v) is 10.4. The number of ether oxygens (including phenoxy) is 1. The number of rotatable bonds is 5. The van der Waals surface area contributed by atoms with Gasteiger partial charge in [-0.2, -0.15) is 0 Å². The van der Waals surface area contributed by atoms with E-state index >= 15 is 0 Å². The molecule has 2 aromatic rings. The molecule has 0 radical (unpaired) electrons. The average Bonchev–Trinajstić information content (AvgIpc) is 3.07. The molecule has 0 saturated carbocycles. The first kappa shape index (κ1) is 19.0. The third kappa shape index (κ3) is 4.39. The van der Waals surface area contributed by atoms with Crippen molar-refractivity contribution in [2.45, 2.75) is 38.3 Å². The third-order valence-corrected chi connectivity index (χ3v) is 6.24. The number of carbonyl (C=O) groups is 1. The zero-order valence-electron chi connectivity index (χ0n) is 16.7. The lowest BCUT2D eigenvalue weighted by atomic mass is 9.98. The number of fused-ring (bicyclic) bond motifs is 1. The molecule has 148 valence electrons. The van der Waals surface area contributed by atoms with Gasteiger partial charge in [0, 0.05) is 25.7 Å². The highest BCUT2D eigenvalue weighted by Crippen LogP contribution is 2.31. The summed E-state index contributed by atoms with van der Waals surface area (Å²) < 4.78 is 5.28. The molecule has 2 aliphatic rings. The van der Waals surface area contributed by atoms with Gasteiger partial charge in [0.15, 0.2) is 0 Å². The van der Waals surface area contributed by atoms with E-state index in [1.165, 1.54) is 24.8 Å². The lowest BCUT2D eigenvalue weighted by molar-refractivity contribution is -0.129. The molecule has 0 spiro atoms. The Morgan fingerprint density at radius 2 is 1.79 bits per heavy atom. The Balaban J connectivity index is 1.42. The normalized spacial score (nSPS) is 22.5. The summed E-state index contributed by atoms with van der Waals surface area (Å²) in [6.07, 6.45) is 4.26. The van der Waals surface area contributed by atoms with E-state index < -0.39 is 0 Å². The summed E-state index contributed by atoms with van der Waals surface area (Å²) in [7, 11) is 1.70. The van der Waals surface area contributed by atoms with E-state index in [0.29, 0.717) is 18.4 Å². The molecule has 2 atom stereocenters. The van der Waals surface area contributed by atoms with Gasteiger partial charge in [-0.3, -0.25) is 9.69 Å². The van der Waals surface area contributed by atoms with Crippen molar-refractivity contribution in [3.05, 3.63) is 65.7 Å². The van der Waals surface area contributed by atoms with E-state index in [2.05, 4.69) is 21.9 Å². The molecule has 2 saturated heterocycles. The second-order valence-electron chi connectivity index (χ2n) is 8.10. The number of hydrogen-bond acceptors (Lipinski definition) is 3. The SMILES string of the molecule is COc1ccc(CN2CCCC[C@H]3CN(C(=O)Cc4ccccc4)C[C@H]32)cc1. The summed E-state index contributed by atoms with van der Waals surface area (Å²) in [4.78, 5) is 17.6. The lowest BCUT2D eigenvalue weighted by Gasteiger charge is -2.30. The van der Waals surface area contributed by atoms with E-state index in [0.717, 1.165) is 37.5 Å². The smallest absolute Gasteiger partial charge is 0.227 e. The Morgan fingerprint density at radius 1 is 1.00 bits per heavy atom. The van der Waals surface area contributed by atoms with Crippen LogP contribution in [0.5, 0.6) is 5.75 Å². The summed E-state index contributed by atoms with van der Waals surface area (Å²) in [5.41, 5.74) is 2.42. The van der Waals surface area contributed by atoms with Crippen LogP contribution in [0.25, 0.3) is 0 Å². The number of nitrogens with zero attached hydrogens (tertiary/aromatic N) is 2. The molecule has 1 amide bonds. The highest BCUT2D eigenvalue weighted by molar-refractivity contribution is 5.79. The van der Waals surface area contributed by atoms with Crippen LogP contribution >= 0.6 is 0 Å². The summed E-state index contributed by atoms with van der Waals surface area (Å²) >= 11 is 0. The number of amides is 1. The van der Waals surface area contributed by atoms with Crippen LogP contribution in [0.3, 0.4) is 0 Å². The summed E-state index contributed by atoms with van der Waals surface area (Å²) in [5, 5.41) is 0. The van der Waals surface area contributed by atoms with E-state index in [1.54, 1.807) is 7.11 Å². The van der Waals surface area contributed by atoms with Crippen molar-refractivity contribution in [3.63, 3.8) is 0 Å². The fourth-order valence-electron chi connectivity index (χ4n) is 4.69. The maximum Gasteiger partial charge on any atom is 0.227 e. The van der Waals surface area contributed by atoms with Gasteiger partial charge < -0.3 is 9.64 Å². The molecule has 28 heavy (non-hydrogen) atoms. The molecule has 2 heterocycles. The minimum atomic E-state index is 0.267. The fourth-order valence-corrected chi connectivity index (χ4v) is 4.69. The number of methoxy groups -OCH3 is 1. The highest BCUT2D eigenvalue weighted by atomic mass is 16.5. The minimum absolute atomic E-state index is 0.267. The summed E-state index contributed by atoms with van der Waals surface area (Å²) in [6, 6.07) is 19.0. The van der Waals surface area contributed by atoms with Gasteiger partial charge in [0.25, 0.3) is 0 Å². The molecule has 0 N–H and O–H groups in total. The molecule has 0 bridgehead atoms. The predicted octanol–water partition coefficient (Wildman–Crippen LogP) is 3.75. The second kappa shape index (κ2) is 8.78. The summed E-state index contributed by atoms with van der Waals surface area (Å²) in [6.45, 7) is 3.85. The molecule has 0 aliphatic carbocycles. The maximum atomic E-state index is 12.9. The highest BCUT2D eigenvalue weighted by Gasteiger charge is 2.39. The molecule has 2 aliphatic heterocycles. The van der Waals surface area contributed by atoms with Crippen LogP contribution in [-0.4, -0.2) is 48.5 Å². The molecule has 2 fully saturated rings. The van der Waals surface area contributed by atoms with Crippen molar-refractivity contribution >= 4 is 5.91 Å². The molecule has 2 aromatic carbocycles. The summed E-state index contributed by atoms with van der Waals surface area (Å²) in [5.74, 6) is 1.76. The van der Waals surface area contributed by atoms with Crippen molar-refractivity contribution < 1.29 is 9.53 Å². The predicted molar refractivity (Wildman–Crippen MR) is 111 cm³/mol. The van der Waals surface area contributed by atoms with Gasteiger partial charge in [0.1, 0.15) is 5.75 Å². The van der Waals surface area contributed by atoms with E-state index in [4.69, 9.17) is 4.74 Å². The lowest BCUT2D eigenvalue weighted by Crippen LogP contribution is -2.40. The molecular weight excluding hydrogens is 348 g/mol. The topological polar surface area (TPSA) is 32.8 Å². The van der Waals surface area contributed by atoms with Crippen LogP contribution in [0.1, 0.15) is 30.4 Å². The largest absolute Gasteiger partial charge is 0.497 e. The first-order valence-electron chi connectivity index (χ1n) is 10.4. The Bertz CT molecular complexity index is 775. The molecule has 0 unspecified atom stereocenters. The van der Waals surface area contributed by atoms with E-state index in [9.17, 15) is 4.79 Å². The van der Waals surface area contributed by atoms with Crippen LogP contribution in [0.15, 0.2) is 54.6 Å². The van der Waals surface area contributed by atoms with Gasteiger partial charge in [-0.05, 0) is 48.6 Å². The van der Waals surface area contributed by atoms with Crippen molar-refractivity contribution in [2.75, 3.05) is 26.7 Å². The fraction of sp³-hybridized carbons (Fsp3) is 0.458. The van der Waals surface area contributed by atoms with Crippen LogP contribution in [-0.2, 0) is 17.8 Å². The molecule has 4 nitrogen and oxygen atoms in total. The zero-order valence-corrected chi connectivity index (χ0v) is 16.7. The molecular formula is C24H30N2O2. The number of benzene rings is 2. The van der Waals surface area contributed by atoms with Crippen molar-refractivity contribution in [3.8, 4) is 5.75 Å². The minimum Gasteiger partial charge on any atom is -0.497 e. The zero-order chi connectivity index (χ0) is 19.3. The van der Waals surface area contributed by atoms with Crippen LogP contribution < -0.4 is 4.74 Å². The number of likely N-dealkylation sites (tertiary alicyclic amines) is 2.